The van der Waals surface area contributed by atoms with Gasteiger partial charge in [-0.2, -0.15) is 0 Å². The Morgan fingerprint density at radius 3 is 2.44 bits per heavy atom. The summed E-state index contributed by atoms with van der Waals surface area (Å²) in [6.07, 6.45) is 0. The van der Waals surface area contributed by atoms with E-state index in [1.807, 2.05) is 12.3 Å². The Morgan fingerprint density at radius 2 is 1.85 bits per heavy atom. The van der Waals surface area contributed by atoms with E-state index >= 15 is 0 Å². The van der Waals surface area contributed by atoms with Crippen LogP contribution in [0.4, 0.5) is 5.69 Å². The highest BCUT2D eigenvalue weighted by Gasteiger charge is 2.40. The van der Waals surface area contributed by atoms with Crippen molar-refractivity contribution in [1.29, 1.82) is 0 Å². The first-order valence-corrected chi connectivity index (χ1v) is 12.8. The monoisotopic (exact) mass is 557 g/mol. The second-order valence-electron chi connectivity index (χ2n) is 9.78. The maximum Gasteiger partial charge on any atom is 0.336 e. The molecular formula is C27H31N3O8S. The van der Waals surface area contributed by atoms with Crippen molar-refractivity contribution >= 4 is 40.6 Å². The van der Waals surface area contributed by atoms with E-state index in [1.165, 1.54) is 43.8 Å². The summed E-state index contributed by atoms with van der Waals surface area (Å²) in [5, 5.41) is 19.7. The summed E-state index contributed by atoms with van der Waals surface area (Å²) >= 11 is 1.33. The Kier molecular flexibility index (Phi) is 8.80. The minimum absolute atomic E-state index is 0.0601. The van der Waals surface area contributed by atoms with Gasteiger partial charge in [0.1, 0.15) is 12.1 Å². The zero-order valence-electron chi connectivity index (χ0n) is 22.8. The van der Waals surface area contributed by atoms with Crippen LogP contribution >= 0.6 is 11.3 Å². The summed E-state index contributed by atoms with van der Waals surface area (Å²) in [4.78, 5) is 50.4. The van der Waals surface area contributed by atoms with Gasteiger partial charge in [0.2, 0.25) is 0 Å². The van der Waals surface area contributed by atoms with Gasteiger partial charge in [-0.3, -0.25) is 19.7 Å². The minimum atomic E-state index is -1.07. The highest BCUT2D eigenvalue weighted by molar-refractivity contribution is 7.12. The topological polar surface area (TPSA) is 146 Å². The molecule has 1 aliphatic rings. The first-order valence-electron chi connectivity index (χ1n) is 12.0. The molecule has 2 N–H and O–H groups in total. The molecule has 12 heteroatoms. The van der Waals surface area contributed by atoms with Crippen LogP contribution in [0.1, 0.15) is 50.3 Å². The summed E-state index contributed by atoms with van der Waals surface area (Å²) in [5.74, 6) is -3.13. The van der Waals surface area contributed by atoms with Crippen molar-refractivity contribution < 1.29 is 33.5 Å². The molecule has 1 atom stereocenters. The average Bonchev–Trinajstić information content (AvgIpc) is 3.25. The Hall–Kier alpha value is -4.19. The van der Waals surface area contributed by atoms with E-state index < -0.39 is 40.8 Å². The number of hydrogen-bond donors (Lipinski definition) is 2. The van der Waals surface area contributed by atoms with Gasteiger partial charge in [0.05, 0.1) is 47.5 Å². The molecule has 208 valence electrons. The number of carbonyl (C=O) groups is 3. The van der Waals surface area contributed by atoms with Gasteiger partial charge in [0, 0.05) is 17.8 Å². The van der Waals surface area contributed by atoms with Gasteiger partial charge in [0.25, 0.3) is 11.6 Å². The summed E-state index contributed by atoms with van der Waals surface area (Å²) in [6, 6.07) is 5.70. The van der Waals surface area contributed by atoms with Crippen LogP contribution in [0.2, 0.25) is 0 Å². The fraction of sp³-hybridized carbons (Fsp3) is 0.370. The van der Waals surface area contributed by atoms with Gasteiger partial charge in [-0.25, -0.2) is 4.79 Å². The van der Waals surface area contributed by atoms with E-state index in [1.54, 1.807) is 33.8 Å². The number of hydrogen-bond acceptors (Lipinski definition) is 10. The van der Waals surface area contributed by atoms with Crippen LogP contribution in [0, 0.1) is 17.0 Å². The number of thiophene rings is 1. The number of rotatable bonds is 8. The fourth-order valence-electron chi connectivity index (χ4n) is 4.30. The van der Waals surface area contributed by atoms with E-state index in [0.717, 1.165) is 5.56 Å². The SMILES string of the molecule is COC(=O)C1=C(C)NC(c2c(C)csc2OC)=C(C(=O)NCC(=O)OC(C)(C)C)C1c1cccc([N+](=O)[O-])c1. The zero-order chi connectivity index (χ0) is 29.1. The van der Waals surface area contributed by atoms with Gasteiger partial charge in [-0.15, -0.1) is 11.3 Å². The van der Waals surface area contributed by atoms with E-state index in [9.17, 15) is 24.5 Å². The normalized spacial score (nSPS) is 15.4. The molecule has 1 aliphatic heterocycles. The number of ether oxygens (including phenoxy) is 3. The number of carbonyl (C=O) groups excluding carboxylic acids is 3. The third kappa shape index (κ3) is 6.45. The molecule has 0 bridgehead atoms. The van der Waals surface area contributed by atoms with Gasteiger partial charge in [-0.05, 0) is 51.1 Å². The lowest BCUT2D eigenvalue weighted by atomic mass is 9.78. The molecule has 0 fully saturated rings. The number of amides is 1. The highest BCUT2D eigenvalue weighted by atomic mass is 32.1. The van der Waals surface area contributed by atoms with Crippen LogP contribution in [0.3, 0.4) is 0 Å². The van der Waals surface area contributed by atoms with Gasteiger partial charge < -0.3 is 24.8 Å². The molecule has 0 saturated carbocycles. The molecule has 2 aromatic rings. The van der Waals surface area contributed by atoms with Gasteiger partial charge in [-0.1, -0.05) is 12.1 Å². The summed E-state index contributed by atoms with van der Waals surface area (Å²) in [6.45, 7) is 8.18. The Balaban J connectivity index is 2.27. The van der Waals surface area contributed by atoms with Crippen molar-refractivity contribution in [2.24, 2.45) is 0 Å². The van der Waals surface area contributed by atoms with Crippen molar-refractivity contribution in [3.05, 3.63) is 73.3 Å². The van der Waals surface area contributed by atoms with Crippen molar-refractivity contribution in [2.45, 2.75) is 46.1 Å². The summed E-state index contributed by atoms with van der Waals surface area (Å²) in [7, 11) is 2.71. The molecule has 1 aromatic carbocycles. The third-order valence-corrected chi connectivity index (χ3v) is 6.87. The molecule has 2 heterocycles. The Bertz CT molecular complexity index is 1380. The van der Waals surface area contributed by atoms with Crippen molar-refractivity contribution in [3.63, 3.8) is 0 Å². The van der Waals surface area contributed by atoms with Crippen LogP contribution in [0.15, 0.2) is 46.5 Å². The molecule has 11 nitrogen and oxygen atoms in total. The third-order valence-electron chi connectivity index (χ3n) is 5.82. The fourth-order valence-corrected chi connectivity index (χ4v) is 5.18. The highest BCUT2D eigenvalue weighted by Crippen LogP contribution is 2.45. The molecule has 0 aliphatic carbocycles. The van der Waals surface area contributed by atoms with E-state index in [0.29, 0.717) is 27.6 Å². The molecule has 0 radical (unpaired) electrons. The largest absolute Gasteiger partial charge is 0.487 e. The molecule has 39 heavy (non-hydrogen) atoms. The van der Waals surface area contributed by atoms with Gasteiger partial charge >= 0.3 is 11.9 Å². The molecular weight excluding hydrogens is 526 g/mol. The minimum Gasteiger partial charge on any atom is -0.487 e. The summed E-state index contributed by atoms with van der Waals surface area (Å²) < 4.78 is 15.9. The number of nitro benzene ring substituents is 1. The lowest BCUT2D eigenvalue weighted by Gasteiger charge is -2.32. The lowest BCUT2D eigenvalue weighted by molar-refractivity contribution is -0.384. The maximum atomic E-state index is 13.9. The number of methoxy groups -OCH3 is 2. The number of allylic oxidation sites excluding steroid dienone is 1. The molecule has 1 amide bonds. The number of benzene rings is 1. The first kappa shape index (κ1) is 29.4. The number of nitrogens with one attached hydrogen (secondary N) is 2. The first-order chi connectivity index (χ1) is 18.3. The van der Waals surface area contributed by atoms with Crippen molar-refractivity contribution in [1.82, 2.24) is 10.6 Å². The average molecular weight is 558 g/mol. The smallest absolute Gasteiger partial charge is 0.336 e. The number of esters is 2. The standard InChI is InChI=1S/C27H31N3O8S/c1-14-13-39-26(37-7)19(14)23-22(24(32)28-12-18(31)38-27(3,4)5)21(20(15(2)29-23)25(33)36-6)16-9-8-10-17(11-16)30(34)35/h8-11,13,21,29H,12H2,1-7H3,(H,28,32). The van der Waals surface area contributed by atoms with E-state index in [4.69, 9.17) is 14.2 Å². The Labute approximate surface area is 230 Å². The van der Waals surface area contributed by atoms with Gasteiger partial charge in [0.15, 0.2) is 5.06 Å². The van der Waals surface area contributed by atoms with Crippen LogP contribution in [0.25, 0.3) is 5.70 Å². The number of dihydropyridines is 1. The van der Waals surface area contributed by atoms with Crippen molar-refractivity contribution in [2.75, 3.05) is 20.8 Å². The Morgan fingerprint density at radius 1 is 1.15 bits per heavy atom. The maximum absolute atomic E-state index is 13.9. The predicted molar refractivity (Wildman–Crippen MR) is 145 cm³/mol. The van der Waals surface area contributed by atoms with Crippen LogP contribution < -0.4 is 15.4 Å². The molecule has 1 aromatic heterocycles. The molecule has 3 rings (SSSR count). The second kappa shape index (κ2) is 11.7. The molecule has 1 unspecified atom stereocenters. The molecule has 0 saturated heterocycles. The van der Waals surface area contributed by atoms with E-state index in [2.05, 4.69) is 10.6 Å². The zero-order valence-corrected chi connectivity index (χ0v) is 23.6. The quantitative estimate of drug-likeness (QED) is 0.280. The lowest BCUT2D eigenvalue weighted by Crippen LogP contribution is -2.39. The number of non-ortho nitro benzene ring substituents is 1. The summed E-state index contributed by atoms with van der Waals surface area (Å²) in [5.41, 5.74) is 1.61. The number of nitrogens with zero attached hydrogens (tertiary/aromatic N) is 1. The number of aryl methyl sites for hydroxylation is 1. The van der Waals surface area contributed by atoms with E-state index in [-0.39, 0.29) is 16.8 Å². The van der Waals surface area contributed by atoms with Crippen LogP contribution in [-0.2, 0) is 23.9 Å². The second-order valence-corrected chi connectivity index (χ2v) is 10.6. The molecule has 0 spiro atoms. The van der Waals surface area contributed by atoms with Crippen LogP contribution in [-0.4, -0.2) is 49.1 Å². The van der Waals surface area contributed by atoms with Crippen LogP contribution in [0.5, 0.6) is 5.06 Å². The van der Waals surface area contributed by atoms with Crippen molar-refractivity contribution in [3.8, 4) is 5.06 Å². The number of nitro groups is 1. The predicted octanol–water partition coefficient (Wildman–Crippen LogP) is 3.98.